The number of hydrogen-bond donors (Lipinski definition) is 1. The fourth-order valence-electron chi connectivity index (χ4n) is 3.00. The maximum Gasteiger partial charge on any atom is 0.245 e. The van der Waals surface area contributed by atoms with Crippen molar-refractivity contribution in [2.75, 3.05) is 34.5 Å². The molecule has 0 bridgehead atoms. The average Bonchev–Trinajstić information content (AvgIpc) is 2.91. The van der Waals surface area contributed by atoms with Gasteiger partial charge in [0, 0.05) is 31.7 Å². The number of carbonyl (C=O) groups is 2. The molecule has 1 heterocycles. The highest BCUT2D eigenvalue weighted by atomic mass is 16.5. The Bertz CT molecular complexity index is 634. The first-order valence-electron chi connectivity index (χ1n) is 8.25. The van der Waals surface area contributed by atoms with Gasteiger partial charge in [-0.15, -0.1) is 0 Å². The van der Waals surface area contributed by atoms with Crippen molar-refractivity contribution in [3.8, 4) is 11.5 Å². The monoisotopic (exact) mass is 350 g/mol. The van der Waals surface area contributed by atoms with Crippen molar-refractivity contribution in [1.29, 1.82) is 0 Å². The van der Waals surface area contributed by atoms with Crippen LogP contribution in [0.1, 0.15) is 25.3 Å². The molecule has 2 amide bonds. The molecule has 1 aliphatic rings. The van der Waals surface area contributed by atoms with Gasteiger partial charge in [0.05, 0.1) is 27.4 Å². The van der Waals surface area contributed by atoms with Crippen molar-refractivity contribution in [2.24, 2.45) is 0 Å². The van der Waals surface area contributed by atoms with Gasteiger partial charge in [0.1, 0.15) is 17.0 Å². The summed E-state index contributed by atoms with van der Waals surface area (Å²) in [7, 11) is 4.73. The first-order valence-corrected chi connectivity index (χ1v) is 8.25. The molecule has 0 spiro atoms. The van der Waals surface area contributed by atoms with E-state index in [-0.39, 0.29) is 11.8 Å². The van der Waals surface area contributed by atoms with Gasteiger partial charge >= 0.3 is 0 Å². The Kier molecular flexibility index (Phi) is 6.25. The second-order valence-electron chi connectivity index (χ2n) is 6.18. The molecule has 1 aliphatic heterocycles. The second kappa shape index (κ2) is 8.20. The third kappa shape index (κ3) is 4.04. The van der Waals surface area contributed by atoms with Crippen LogP contribution in [0.25, 0.3) is 0 Å². The van der Waals surface area contributed by atoms with E-state index in [2.05, 4.69) is 5.32 Å². The molecule has 0 aromatic heterocycles. The van der Waals surface area contributed by atoms with Crippen LogP contribution in [0.4, 0.5) is 0 Å². The van der Waals surface area contributed by atoms with E-state index < -0.39 is 5.54 Å². The van der Waals surface area contributed by atoms with Crippen LogP contribution < -0.4 is 14.8 Å². The van der Waals surface area contributed by atoms with Crippen molar-refractivity contribution in [3.05, 3.63) is 23.8 Å². The molecule has 1 saturated heterocycles. The number of amides is 2. The zero-order chi connectivity index (χ0) is 18.4. The van der Waals surface area contributed by atoms with E-state index in [1.165, 1.54) is 0 Å². The van der Waals surface area contributed by atoms with Crippen molar-refractivity contribution in [2.45, 2.75) is 31.8 Å². The number of ether oxygens (including phenoxy) is 3. The topological polar surface area (TPSA) is 77.1 Å². The van der Waals surface area contributed by atoms with Gasteiger partial charge in [0.25, 0.3) is 0 Å². The van der Waals surface area contributed by atoms with Crippen LogP contribution in [0.15, 0.2) is 18.2 Å². The lowest BCUT2D eigenvalue weighted by molar-refractivity contribution is -0.141. The Morgan fingerprint density at radius 2 is 2.04 bits per heavy atom. The molecule has 1 N–H and O–H groups in total. The summed E-state index contributed by atoms with van der Waals surface area (Å²) >= 11 is 0. The molecule has 1 fully saturated rings. The highest BCUT2D eigenvalue weighted by Crippen LogP contribution is 2.34. The maximum atomic E-state index is 12.6. The molecule has 1 aromatic carbocycles. The lowest BCUT2D eigenvalue weighted by Gasteiger charge is -2.34. The highest BCUT2D eigenvalue weighted by molar-refractivity contribution is 5.94. The Labute approximate surface area is 148 Å². The summed E-state index contributed by atoms with van der Waals surface area (Å²) in [6, 6.07) is 5.44. The maximum absolute atomic E-state index is 12.6. The number of carbonyl (C=O) groups excluding carboxylic acids is 2. The highest BCUT2D eigenvalue weighted by Gasteiger charge is 2.47. The van der Waals surface area contributed by atoms with E-state index >= 15 is 0 Å². The normalized spacial score (nSPS) is 19.8. The summed E-state index contributed by atoms with van der Waals surface area (Å²) in [4.78, 5) is 26.7. The number of likely N-dealkylation sites (tertiary alicyclic amines) is 1. The number of nitrogens with zero attached hydrogens (tertiary/aromatic N) is 1. The lowest BCUT2D eigenvalue weighted by Crippen LogP contribution is -2.54. The van der Waals surface area contributed by atoms with Crippen LogP contribution in [-0.4, -0.2) is 56.7 Å². The minimum atomic E-state index is -0.879. The Hall–Kier alpha value is -2.28. The van der Waals surface area contributed by atoms with Crippen molar-refractivity contribution < 1.29 is 23.8 Å². The standard InChI is InChI=1S/C18H26N2O5/c1-18(17(22)19-9-10-23-2)8-7-16(21)20(18)12-13-5-6-14(24-3)11-15(13)25-4/h5-6,11H,7-10,12H2,1-4H3,(H,19,22). The first-order chi connectivity index (χ1) is 12.0. The Balaban J connectivity index is 2.20. The van der Waals surface area contributed by atoms with E-state index in [1.807, 2.05) is 12.1 Å². The fraction of sp³-hybridized carbons (Fsp3) is 0.556. The number of rotatable bonds is 8. The van der Waals surface area contributed by atoms with Gasteiger partial charge in [0.2, 0.25) is 11.8 Å². The molecule has 1 unspecified atom stereocenters. The summed E-state index contributed by atoms with van der Waals surface area (Å²) in [5, 5.41) is 2.84. The molecule has 2 rings (SSSR count). The second-order valence-corrected chi connectivity index (χ2v) is 6.18. The molecule has 1 aromatic rings. The number of benzene rings is 1. The molecular weight excluding hydrogens is 324 g/mol. The Morgan fingerprint density at radius 3 is 2.68 bits per heavy atom. The molecule has 0 saturated carbocycles. The molecule has 7 nitrogen and oxygen atoms in total. The summed E-state index contributed by atoms with van der Waals surface area (Å²) in [5.41, 5.74) is -0.0510. The van der Waals surface area contributed by atoms with Crippen LogP contribution in [-0.2, 0) is 20.9 Å². The van der Waals surface area contributed by atoms with E-state index in [0.29, 0.717) is 44.0 Å². The molecule has 0 radical (unpaired) electrons. The predicted octanol–water partition coefficient (Wildman–Crippen LogP) is 1.35. The van der Waals surface area contributed by atoms with Gasteiger partial charge in [-0.25, -0.2) is 0 Å². The van der Waals surface area contributed by atoms with Gasteiger partial charge in [-0.05, 0) is 25.5 Å². The third-order valence-corrected chi connectivity index (χ3v) is 4.63. The summed E-state index contributed by atoms with van der Waals surface area (Å²) < 4.78 is 15.6. The third-order valence-electron chi connectivity index (χ3n) is 4.63. The first kappa shape index (κ1) is 19.1. The van der Waals surface area contributed by atoms with Crippen LogP contribution >= 0.6 is 0 Å². The van der Waals surface area contributed by atoms with E-state index in [4.69, 9.17) is 14.2 Å². The fourth-order valence-corrected chi connectivity index (χ4v) is 3.00. The molecule has 1 atom stereocenters. The zero-order valence-electron chi connectivity index (χ0n) is 15.3. The minimum absolute atomic E-state index is 0.0396. The number of nitrogens with one attached hydrogen (secondary N) is 1. The summed E-state index contributed by atoms with van der Waals surface area (Å²) in [5.74, 6) is 1.10. The molecule has 7 heteroatoms. The largest absolute Gasteiger partial charge is 0.497 e. The number of hydrogen-bond acceptors (Lipinski definition) is 5. The lowest BCUT2D eigenvalue weighted by atomic mass is 9.97. The van der Waals surface area contributed by atoms with Gasteiger partial charge in [-0.2, -0.15) is 0 Å². The zero-order valence-corrected chi connectivity index (χ0v) is 15.3. The molecule has 138 valence electrons. The van der Waals surface area contributed by atoms with Crippen molar-refractivity contribution >= 4 is 11.8 Å². The van der Waals surface area contributed by atoms with Gasteiger partial charge < -0.3 is 24.4 Å². The van der Waals surface area contributed by atoms with Gasteiger partial charge in [-0.1, -0.05) is 0 Å². The molecule has 0 aliphatic carbocycles. The van der Waals surface area contributed by atoms with Crippen molar-refractivity contribution in [1.82, 2.24) is 10.2 Å². The van der Waals surface area contributed by atoms with E-state index in [1.54, 1.807) is 39.2 Å². The van der Waals surface area contributed by atoms with Crippen LogP contribution in [0.5, 0.6) is 11.5 Å². The Morgan fingerprint density at radius 1 is 1.28 bits per heavy atom. The van der Waals surface area contributed by atoms with E-state index in [0.717, 1.165) is 5.56 Å². The SMILES string of the molecule is COCCNC(=O)C1(C)CCC(=O)N1Cc1ccc(OC)cc1OC. The average molecular weight is 350 g/mol. The number of methoxy groups -OCH3 is 3. The minimum Gasteiger partial charge on any atom is -0.497 e. The quantitative estimate of drug-likeness (QED) is 0.716. The van der Waals surface area contributed by atoms with E-state index in [9.17, 15) is 9.59 Å². The van der Waals surface area contributed by atoms with Gasteiger partial charge in [0.15, 0.2) is 0 Å². The summed E-state index contributed by atoms with van der Waals surface area (Å²) in [6.45, 7) is 2.96. The van der Waals surface area contributed by atoms with Gasteiger partial charge in [-0.3, -0.25) is 9.59 Å². The van der Waals surface area contributed by atoms with Crippen LogP contribution in [0, 0.1) is 0 Å². The molecule has 25 heavy (non-hydrogen) atoms. The predicted molar refractivity (Wildman–Crippen MR) is 92.6 cm³/mol. The van der Waals surface area contributed by atoms with Crippen LogP contribution in [0.2, 0.25) is 0 Å². The summed E-state index contributed by atoms with van der Waals surface area (Å²) in [6.07, 6.45) is 0.843. The smallest absolute Gasteiger partial charge is 0.245 e. The van der Waals surface area contributed by atoms with Crippen molar-refractivity contribution in [3.63, 3.8) is 0 Å². The molecular formula is C18H26N2O5. The van der Waals surface area contributed by atoms with Crippen LogP contribution in [0.3, 0.4) is 0 Å².